The predicted octanol–water partition coefficient (Wildman–Crippen LogP) is 3.08. The lowest BCUT2D eigenvalue weighted by molar-refractivity contribution is -0.136. The summed E-state index contributed by atoms with van der Waals surface area (Å²) in [4.78, 5) is 18.6. The van der Waals surface area contributed by atoms with Crippen molar-refractivity contribution in [2.45, 2.75) is 37.1 Å². The Morgan fingerprint density at radius 3 is 2.89 bits per heavy atom. The molecule has 96 valence electrons. The molecule has 0 fully saturated rings. The first-order valence-corrected chi connectivity index (χ1v) is 6.90. The molecular formula is C13H16N2O2S. The minimum atomic E-state index is -0.794. The Labute approximate surface area is 110 Å². The van der Waals surface area contributed by atoms with Crippen LogP contribution in [0.1, 0.15) is 25.8 Å². The molecule has 2 rings (SSSR count). The van der Waals surface area contributed by atoms with E-state index in [1.165, 1.54) is 17.3 Å². The highest BCUT2D eigenvalue weighted by Gasteiger charge is 2.18. The smallest absolute Gasteiger partial charge is 0.317 e. The molecule has 0 amide bonds. The van der Waals surface area contributed by atoms with Gasteiger partial charge in [-0.3, -0.25) is 4.79 Å². The van der Waals surface area contributed by atoms with Crippen molar-refractivity contribution in [2.24, 2.45) is 0 Å². The Hall–Kier alpha value is -1.49. The normalized spacial score (nSPS) is 12.8. The number of aliphatic carboxylic acids is 1. The van der Waals surface area contributed by atoms with Gasteiger partial charge < -0.3 is 10.1 Å². The van der Waals surface area contributed by atoms with E-state index in [1.54, 1.807) is 0 Å². The van der Waals surface area contributed by atoms with E-state index >= 15 is 0 Å². The summed E-state index contributed by atoms with van der Waals surface area (Å²) in [6.07, 6.45) is 1.56. The Morgan fingerprint density at radius 1 is 1.50 bits per heavy atom. The Balaban J connectivity index is 2.27. The number of hydrogen-bond donors (Lipinski definition) is 2. The van der Waals surface area contributed by atoms with Gasteiger partial charge >= 0.3 is 5.97 Å². The van der Waals surface area contributed by atoms with Crippen LogP contribution < -0.4 is 0 Å². The standard InChI is InChI=1S/C13H16N2O2S/c1-3-8-5-6-9-10(7-8)15-13(14-9)18-11(4-2)12(16)17/h5-7,11H,3-4H2,1-2H3,(H,14,15)(H,16,17). The number of carboxylic acid groups (broad SMARTS) is 1. The summed E-state index contributed by atoms with van der Waals surface area (Å²) in [5, 5.41) is 9.25. The molecular weight excluding hydrogens is 248 g/mol. The van der Waals surface area contributed by atoms with E-state index in [0.29, 0.717) is 11.6 Å². The second kappa shape index (κ2) is 5.44. The van der Waals surface area contributed by atoms with Gasteiger partial charge in [0, 0.05) is 0 Å². The quantitative estimate of drug-likeness (QED) is 0.814. The second-order valence-corrected chi connectivity index (χ2v) is 5.29. The summed E-state index contributed by atoms with van der Waals surface area (Å²) < 4.78 is 0. The van der Waals surface area contributed by atoms with Crippen LogP contribution in [0.25, 0.3) is 11.0 Å². The summed E-state index contributed by atoms with van der Waals surface area (Å²) >= 11 is 1.27. The number of H-pyrrole nitrogens is 1. The van der Waals surface area contributed by atoms with Crippen LogP contribution in [-0.4, -0.2) is 26.3 Å². The number of nitrogens with zero attached hydrogens (tertiary/aromatic N) is 1. The van der Waals surface area contributed by atoms with E-state index in [0.717, 1.165) is 17.5 Å². The molecule has 1 unspecified atom stereocenters. The van der Waals surface area contributed by atoms with Crippen molar-refractivity contribution in [2.75, 3.05) is 0 Å². The largest absolute Gasteiger partial charge is 0.480 e. The average Bonchev–Trinajstić information content (AvgIpc) is 2.76. The summed E-state index contributed by atoms with van der Waals surface area (Å²) in [6, 6.07) is 6.08. The first-order chi connectivity index (χ1) is 8.63. The van der Waals surface area contributed by atoms with Crippen LogP contribution in [0.5, 0.6) is 0 Å². The van der Waals surface area contributed by atoms with Crippen LogP contribution >= 0.6 is 11.8 Å². The zero-order valence-electron chi connectivity index (χ0n) is 10.4. The summed E-state index contributed by atoms with van der Waals surface area (Å²) in [6.45, 7) is 3.97. The number of thioether (sulfide) groups is 1. The van der Waals surface area contributed by atoms with Crippen LogP contribution in [0.15, 0.2) is 23.4 Å². The van der Waals surface area contributed by atoms with Crippen LogP contribution in [0.4, 0.5) is 0 Å². The third-order valence-corrected chi connectivity index (χ3v) is 4.07. The van der Waals surface area contributed by atoms with Crippen molar-refractivity contribution >= 4 is 28.8 Å². The highest BCUT2D eigenvalue weighted by Crippen LogP contribution is 2.25. The first-order valence-electron chi connectivity index (χ1n) is 6.02. The third-order valence-electron chi connectivity index (χ3n) is 2.83. The van der Waals surface area contributed by atoms with E-state index in [2.05, 4.69) is 23.0 Å². The van der Waals surface area contributed by atoms with Gasteiger partial charge in [0.2, 0.25) is 0 Å². The van der Waals surface area contributed by atoms with Gasteiger partial charge in [0.15, 0.2) is 5.16 Å². The summed E-state index contributed by atoms with van der Waals surface area (Å²) in [5.41, 5.74) is 3.10. The van der Waals surface area contributed by atoms with Gasteiger partial charge in [0.1, 0.15) is 5.25 Å². The molecule has 0 spiro atoms. The number of nitrogens with one attached hydrogen (secondary N) is 1. The number of carboxylic acids is 1. The van der Waals surface area contributed by atoms with Crippen molar-refractivity contribution in [3.05, 3.63) is 23.8 Å². The Morgan fingerprint density at radius 2 is 2.28 bits per heavy atom. The maximum atomic E-state index is 11.0. The first kappa shape index (κ1) is 13.0. The number of carbonyl (C=O) groups is 1. The van der Waals surface area contributed by atoms with E-state index < -0.39 is 11.2 Å². The molecule has 1 heterocycles. The van der Waals surface area contributed by atoms with Gasteiger partial charge in [-0.1, -0.05) is 31.7 Å². The molecule has 0 radical (unpaired) electrons. The Kier molecular flexibility index (Phi) is 3.91. The van der Waals surface area contributed by atoms with E-state index in [1.807, 2.05) is 19.1 Å². The van der Waals surface area contributed by atoms with Crippen molar-refractivity contribution in [3.8, 4) is 0 Å². The zero-order chi connectivity index (χ0) is 13.1. The lowest BCUT2D eigenvalue weighted by Crippen LogP contribution is -2.14. The number of aromatic amines is 1. The highest BCUT2D eigenvalue weighted by atomic mass is 32.2. The van der Waals surface area contributed by atoms with Gasteiger partial charge in [-0.15, -0.1) is 0 Å². The summed E-state index contributed by atoms with van der Waals surface area (Å²) in [5.74, 6) is -0.794. The minimum Gasteiger partial charge on any atom is -0.480 e. The number of aromatic nitrogens is 2. The van der Waals surface area contributed by atoms with Gasteiger partial charge in [-0.2, -0.15) is 0 Å². The molecule has 0 aliphatic rings. The number of fused-ring (bicyclic) bond motifs is 1. The van der Waals surface area contributed by atoms with Crippen molar-refractivity contribution in [1.29, 1.82) is 0 Å². The number of rotatable bonds is 5. The van der Waals surface area contributed by atoms with Crippen LogP contribution in [0.3, 0.4) is 0 Å². The van der Waals surface area contributed by atoms with Crippen molar-refractivity contribution < 1.29 is 9.90 Å². The summed E-state index contributed by atoms with van der Waals surface area (Å²) in [7, 11) is 0. The van der Waals surface area contributed by atoms with Gasteiger partial charge in [0.05, 0.1) is 11.0 Å². The fourth-order valence-electron chi connectivity index (χ4n) is 1.75. The maximum Gasteiger partial charge on any atom is 0.317 e. The second-order valence-electron chi connectivity index (χ2n) is 4.10. The predicted molar refractivity (Wildman–Crippen MR) is 73.0 cm³/mol. The molecule has 1 aromatic heterocycles. The fraction of sp³-hybridized carbons (Fsp3) is 0.385. The Bertz CT molecular complexity index is 565. The molecule has 0 saturated carbocycles. The molecule has 18 heavy (non-hydrogen) atoms. The number of aryl methyl sites for hydroxylation is 1. The SMILES string of the molecule is CCc1ccc2nc(SC(CC)C(=O)O)[nH]c2c1. The minimum absolute atomic E-state index is 0.448. The number of imidazole rings is 1. The number of hydrogen-bond acceptors (Lipinski definition) is 3. The van der Waals surface area contributed by atoms with E-state index in [4.69, 9.17) is 5.11 Å². The zero-order valence-corrected chi connectivity index (χ0v) is 11.3. The lowest BCUT2D eigenvalue weighted by atomic mass is 10.1. The maximum absolute atomic E-state index is 11.0. The molecule has 4 nitrogen and oxygen atoms in total. The van der Waals surface area contributed by atoms with Crippen molar-refractivity contribution in [1.82, 2.24) is 9.97 Å². The molecule has 2 aromatic rings. The lowest BCUT2D eigenvalue weighted by Gasteiger charge is -2.05. The van der Waals surface area contributed by atoms with Crippen LogP contribution in [0.2, 0.25) is 0 Å². The molecule has 2 N–H and O–H groups in total. The van der Waals surface area contributed by atoms with E-state index in [-0.39, 0.29) is 0 Å². The fourth-order valence-corrected chi connectivity index (χ4v) is 2.61. The molecule has 0 aliphatic heterocycles. The monoisotopic (exact) mass is 264 g/mol. The van der Waals surface area contributed by atoms with Gasteiger partial charge in [0.25, 0.3) is 0 Å². The number of benzene rings is 1. The average molecular weight is 264 g/mol. The molecule has 0 bridgehead atoms. The molecule has 0 saturated heterocycles. The topological polar surface area (TPSA) is 66.0 Å². The molecule has 5 heteroatoms. The van der Waals surface area contributed by atoms with Crippen LogP contribution in [-0.2, 0) is 11.2 Å². The molecule has 1 aromatic carbocycles. The van der Waals surface area contributed by atoms with Gasteiger partial charge in [-0.25, -0.2) is 4.98 Å². The highest BCUT2D eigenvalue weighted by molar-refractivity contribution is 8.00. The molecule has 1 atom stereocenters. The molecule has 0 aliphatic carbocycles. The third kappa shape index (κ3) is 2.67. The van der Waals surface area contributed by atoms with Gasteiger partial charge in [-0.05, 0) is 30.5 Å². The van der Waals surface area contributed by atoms with Crippen LogP contribution in [0, 0.1) is 0 Å². The van der Waals surface area contributed by atoms with E-state index in [9.17, 15) is 4.79 Å². The van der Waals surface area contributed by atoms with Crippen molar-refractivity contribution in [3.63, 3.8) is 0 Å².